The average Bonchev–Trinajstić information content (AvgIpc) is 2.11. The van der Waals surface area contributed by atoms with E-state index in [-0.39, 0.29) is 6.42 Å². The van der Waals surface area contributed by atoms with Crippen molar-refractivity contribution >= 4 is 0 Å². The Morgan fingerprint density at radius 1 is 1.54 bits per heavy atom. The molecule has 0 spiro atoms. The molecule has 0 aromatic heterocycles. The summed E-state index contributed by atoms with van der Waals surface area (Å²) < 4.78 is 22.4. The van der Waals surface area contributed by atoms with Gasteiger partial charge in [-0.1, -0.05) is 0 Å². The third kappa shape index (κ3) is 2.60. The summed E-state index contributed by atoms with van der Waals surface area (Å²) in [5.74, 6) is 0. The van der Waals surface area contributed by atoms with Gasteiger partial charge in [-0.2, -0.15) is 0 Å². The fourth-order valence-electron chi connectivity index (χ4n) is 1.34. The van der Waals surface area contributed by atoms with Gasteiger partial charge in [0.05, 0.1) is 6.10 Å². The summed E-state index contributed by atoms with van der Waals surface area (Å²) in [6.07, 6.45) is -3.51. The second-order valence-corrected chi connectivity index (χ2v) is 3.01. The van der Waals surface area contributed by atoms with Crippen LogP contribution in [0.4, 0.5) is 4.39 Å². The summed E-state index contributed by atoms with van der Waals surface area (Å²) in [7, 11) is 0. The summed E-state index contributed by atoms with van der Waals surface area (Å²) in [5.41, 5.74) is 0. The van der Waals surface area contributed by atoms with Crippen LogP contribution in [0.1, 0.15) is 13.3 Å². The monoisotopic (exact) mass is 194 g/mol. The SMILES string of the molecule is CCO[C@@H]1CC(O)C(O)C(CF)O1. The highest BCUT2D eigenvalue weighted by molar-refractivity contribution is 4.82. The predicted molar refractivity (Wildman–Crippen MR) is 42.9 cm³/mol. The molecule has 3 unspecified atom stereocenters. The maximum atomic E-state index is 12.3. The fraction of sp³-hybridized carbons (Fsp3) is 1.00. The molecular weight excluding hydrogens is 179 g/mol. The van der Waals surface area contributed by atoms with Gasteiger partial charge in [0, 0.05) is 13.0 Å². The maximum absolute atomic E-state index is 12.3. The lowest BCUT2D eigenvalue weighted by atomic mass is 10.0. The second-order valence-electron chi connectivity index (χ2n) is 3.01. The van der Waals surface area contributed by atoms with Crippen LogP contribution in [0.3, 0.4) is 0 Å². The van der Waals surface area contributed by atoms with Gasteiger partial charge in [0.2, 0.25) is 0 Å². The summed E-state index contributed by atoms with van der Waals surface area (Å²) in [6.45, 7) is 1.40. The van der Waals surface area contributed by atoms with Gasteiger partial charge in [0.15, 0.2) is 6.29 Å². The number of aliphatic hydroxyl groups is 2. The van der Waals surface area contributed by atoms with E-state index in [2.05, 4.69) is 0 Å². The number of alkyl halides is 1. The summed E-state index contributed by atoms with van der Waals surface area (Å²) in [5, 5.41) is 18.6. The molecule has 0 aromatic carbocycles. The van der Waals surface area contributed by atoms with E-state index in [4.69, 9.17) is 9.47 Å². The molecule has 0 aromatic rings. The highest BCUT2D eigenvalue weighted by Gasteiger charge is 2.36. The van der Waals surface area contributed by atoms with Crippen molar-refractivity contribution in [2.75, 3.05) is 13.3 Å². The first kappa shape index (κ1) is 10.8. The Hall–Kier alpha value is -0.230. The van der Waals surface area contributed by atoms with Gasteiger partial charge in [-0.15, -0.1) is 0 Å². The average molecular weight is 194 g/mol. The molecule has 1 heterocycles. The molecule has 0 radical (unpaired) electrons. The maximum Gasteiger partial charge on any atom is 0.160 e. The molecule has 4 atom stereocenters. The van der Waals surface area contributed by atoms with Crippen molar-refractivity contribution in [1.82, 2.24) is 0 Å². The molecule has 0 saturated carbocycles. The number of hydrogen-bond acceptors (Lipinski definition) is 4. The van der Waals surface area contributed by atoms with Crippen LogP contribution >= 0.6 is 0 Å². The van der Waals surface area contributed by atoms with Crippen LogP contribution < -0.4 is 0 Å². The van der Waals surface area contributed by atoms with Crippen molar-refractivity contribution in [3.8, 4) is 0 Å². The minimum Gasteiger partial charge on any atom is -0.390 e. The van der Waals surface area contributed by atoms with E-state index in [0.29, 0.717) is 6.61 Å². The molecule has 5 heteroatoms. The van der Waals surface area contributed by atoms with E-state index in [0.717, 1.165) is 0 Å². The first-order chi connectivity index (χ1) is 6.19. The standard InChI is InChI=1S/C8H15FO4/c1-2-12-7-3-5(10)8(11)6(4-9)13-7/h5-8,10-11H,2-4H2,1H3/t5?,6?,7-,8?/m0/s1. The lowest BCUT2D eigenvalue weighted by molar-refractivity contribution is -0.251. The molecule has 1 aliphatic heterocycles. The topological polar surface area (TPSA) is 58.9 Å². The van der Waals surface area contributed by atoms with Gasteiger partial charge in [0.25, 0.3) is 0 Å². The largest absolute Gasteiger partial charge is 0.390 e. The highest BCUT2D eigenvalue weighted by atomic mass is 19.1. The molecule has 13 heavy (non-hydrogen) atoms. The zero-order valence-electron chi connectivity index (χ0n) is 7.52. The minimum absolute atomic E-state index is 0.186. The normalized spacial score (nSPS) is 40.6. The van der Waals surface area contributed by atoms with Gasteiger partial charge in [-0.3, -0.25) is 0 Å². The Bertz CT molecular complexity index is 155. The van der Waals surface area contributed by atoms with E-state index >= 15 is 0 Å². The Morgan fingerprint density at radius 2 is 2.23 bits per heavy atom. The second kappa shape index (κ2) is 4.85. The van der Waals surface area contributed by atoms with Crippen molar-refractivity contribution in [2.45, 2.75) is 37.9 Å². The van der Waals surface area contributed by atoms with E-state index < -0.39 is 31.3 Å². The molecule has 1 aliphatic rings. The molecular formula is C8H15FO4. The van der Waals surface area contributed by atoms with Gasteiger partial charge < -0.3 is 19.7 Å². The molecule has 1 saturated heterocycles. The van der Waals surface area contributed by atoms with Gasteiger partial charge >= 0.3 is 0 Å². The number of hydrogen-bond donors (Lipinski definition) is 2. The Morgan fingerprint density at radius 3 is 2.77 bits per heavy atom. The Kier molecular flexibility index (Phi) is 4.05. The molecule has 2 N–H and O–H groups in total. The van der Waals surface area contributed by atoms with Gasteiger partial charge in [-0.25, -0.2) is 4.39 Å². The van der Waals surface area contributed by atoms with Crippen molar-refractivity contribution in [3.05, 3.63) is 0 Å². The van der Waals surface area contributed by atoms with Crippen LogP contribution in [0.2, 0.25) is 0 Å². The van der Waals surface area contributed by atoms with Crippen LogP contribution in [-0.4, -0.2) is 48.1 Å². The molecule has 4 nitrogen and oxygen atoms in total. The molecule has 1 rings (SSSR count). The first-order valence-corrected chi connectivity index (χ1v) is 4.38. The minimum atomic E-state index is -1.15. The van der Waals surface area contributed by atoms with Crippen LogP contribution in [0.15, 0.2) is 0 Å². The quantitative estimate of drug-likeness (QED) is 0.655. The third-order valence-electron chi connectivity index (χ3n) is 2.04. The third-order valence-corrected chi connectivity index (χ3v) is 2.04. The number of ether oxygens (including phenoxy) is 2. The summed E-state index contributed by atoms with van der Waals surface area (Å²) in [4.78, 5) is 0. The number of aliphatic hydroxyl groups excluding tert-OH is 2. The smallest absolute Gasteiger partial charge is 0.160 e. The van der Waals surface area contributed by atoms with E-state index in [1.807, 2.05) is 0 Å². The predicted octanol–water partition coefficient (Wildman–Crippen LogP) is -0.171. The van der Waals surface area contributed by atoms with Crippen molar-refractivity contribution in [3.63, 3.8) is 0 Å². The lowest BCUT2D eigenvalue weighted by Crippen LogP contribution is -2.49. The van der Waals surface area contributed by atoms with E-state index in [9.17, 15) is 14.6 Å². The Labute approximate surface area is 76.3 Å². The summed E-state index contributed by atoms with van der Waals surface area (Å²) in [6, 6.07) is 0. The molecule has 78 valence electrons. The number of halogens is 1. The lowest BCUT2D eigenvalue weighted by Gasteiger charge is -2.35. The van der Waals surface area contributed by atoms with Gasteiger partial charge in [-0.05, 0) is 6.92 Å². The van der Waals surface area contributed by atoms with Crippen LogP contribution in [0.5, 0.6) is 0 Å². The molecule has 1 fully saturated rings. The van der Waals surface area contributed by atoms with Crippen molar-refractivity contribution in [2.24, 2.45) is 0 Å². The zero-order chi connectivity index (χ0) is 9.84. The number of rotatable bonds is 3. The van der Waals surface area contributed by atoms with Crippen LogP contribution in [0.25, 0.3) is 0 Å². The van der Waals surface area contributed by atoms with Gasteiger partial charge in [0.1, 0.15) is 18.9 Å². The van der Waals surface area contributed by atoms with E-state index in [1.165, 1.54) is 0 Å². The molecule has 0 amide bonds. The van der Waals surface area contributed by atoms with Crippen LogP contribution in [-0.2, 0) is 9.47 Å². The highest BCUT2D eigenvalue weighted by Crippen LogP contribution is 2.21. The van der Waals surface area contributed by atoms with E-state index in [1.54, 1.807) is 6.92 Å². The summed E-state index contributed by atoms with van der Waals surface area (Å²) >= 11 is 0. The zero-order valence-corrected chi connectivity index (χ0v) is 7.52. The first-order valence-electron chi connectivity index (χ1n) is 4.38. The fourth-order valence-corrected chi connectivity index (χ4v) is 1.34. The molecule has 0 bridgehead atoms. The molecule has 0 aliphatic carbocycles. The Balaban J connectivity index is 2.47. The van der Waals surface area contributed by atoms with Crippen molar-refractivity contribution < 1.29 is 24.1 Å². The van der Waals surface area contributed by atoms with Crippen LogP contribution in [0, 0.1) is 0 Å². The van der Waals surface area contributed by atoms with Crippen molar-refractivity contribution in [1.29, 1.82) is 0 Å².